The highest BCUT2D eigenvalue weighted by atomic mass is 35.5. The Hall–Kier alpha value is -2.84. The third-order valence-corrected chi connectivity index (χ3v) is 3.97. The number of esters is 1. The van der Waals surface area contributed by atoms with E-state index in [9.17, 15) is 19.2 Å². The summed E-state index contributed by atoms with van der Waals surface area (Å²) in [5, 5.41) is 5.16. The number of nitrogens with zero attached hydrogens (tertiary/aromatic N) is 1. The van der Waals surface area contributed by atoms with Crippen LogP contribution in [0.3, 0.4) is 0 Å². The van der Waals surface area contributed by atoms with E-state index in [0.29, 0.717) is 5.02 Å². The number of rotatable bonds is 11. The molecule has 0 saturated heterocycles. The van der Waals surface area contributed by atoms with Crippen LogP contribution in [0.15, 0.2) is 43.5 Å². The van der Waals surface area contributed by atoms with Crippen LogP contribution in [-0.2, 0) is 19.1 Å². The first-order valence-corrected chi connectivity index (χ1v) is 9.19. The highest BCUT2D eigenvalue weighted by Gasteiger charge is 2.15. The number of carbonyl (C=O) groups excluding carboxylic acids is 4. The number of hydrogen-bond donors (Lipinski definition) is 2. The van der Waals surface area contributed by atoms with Gasteiger partial charge in [-0.15, -0.1) is 13.2 Å². The average Bonchev–Trinajstić information content (AvgIpc) is 2.68. The summed E-state index contributed by atoms with van der Waals surface area (Å²) in [7, 11) is 0. The minimum absolute atomic E-state index is 0.144. The zero-order valence-corrected chi connectivity index (χ0v) is 17.1. The second-order valence-corrected chi connectivity index (χ2v) is 6.46. The van der Waals surface area contributed by atoms with Crippen molar-refractivity contribution in [2.24, 2.45) is 0 Å². The molecule has 1 aromatic rings. The van der Waals surface area contributed by atoms with Gasteiger partial charge >= 0.3 is 5.97 Å². The van der Waals surface area contributed by atoms with Crippen molar-refractivity contribution in [3.8, 4) is 0 Å². The Labute approximate surface area is 178 Å². The molecule has 0 saturated carbocycles. The maximum Gasteiger partial charge on any atom is 0.325 e. The van der Waals surface area contributed by atoms with E-state index in [2.05, 4.69) is 23.8 Å². The van der Waals surface area contributed by atoms with Crippen LogP contribution in [0, 0.1) is 0 Å². The van der Waals surface area contributed by atoms with Gasteiger partial charge in [-0.2, -0.15) is 0 Å². The van der Waals surface area contributed by atoms with Crippen LogP contribution in [-0.4, -0.2) is 61.4 Å². The van der Waals surface area contributed by atoms with Gasteiger partial charge in [-0.25, -0.2) is 0 Å². The van der Waals surface area contributed by atoms with E-state index in [4.69, 9.17) is 27.9 Å². The first-order chi connectivity index (χ1) is 13.8. The number of amides is 3. The standard InChI is InChI=1S/C19H21Cl2N3O5/c1-3-7-24(8-4-2)17(26)12-29-18(27)11-22-16(25)10-23-19(28)14-6-5-13(20)9-15(14)21/h3-6,9H,1-2,7-8,10-12H2,(H,22,25)(H,23,28). The predicted molar refractivity (Wildman–Crippen MR) is 110 cm³/mol. The van der Waals surface area contributed by atoms with Gasteiger partial charge in [-0.1, -0.05) is 35.4 Å². The summed E-state index contributed by atoms with van der Waals surface area (Å²) in [6, 6.07) is 4.32. The van der Waals surface area contributed by atoms with Crippen LogP contribution in [0.4, 0.5) is 0 Å². The first kappa shape index (κ1) is 24.2. The molecule has 156 valence electrons. The van der Waals surface area contributed by atoms with Gasteiger partial charge in [0.1, 0.15) is 6.54 Å². The molecule has 0 aliphatic rings. The highest BCUT2D eigenvalue weighted by Crippen LogP contribution is 2.20. The Morgan fingerprint density at radius 1 is 1.03 bits per heavy atom. The second kappa shape index (κ2) is 12.6. The quantitative estimate of drug-likeness (QED) is 0.400. The Kier molecular flexibility index (Phi) is 10.5. The second-order valence-electron chi connectivity index (χ2n) is 5.62. The van der Waals surface area contributed by atoms with Crippen molar-refractivity contribution in [1.82, 2.24) is 15.5 Å². The molecule has 0 atom stereocenters. The van der Waals surface area contributed by atoms with Gasteiger partial charge in [0.05, 0.1) is 17.1 Å². The van der Waals surface area contributed by atoms with E-state index in [1.54, 1.807) is 0 Å². The monoisotopic (exact) mass is 441 g/mol. The normalized spacial score (nSPS) is 9.86. The third-order valence-electron chi connectivity index (χ3n) is 3.42. The molecule has 3 amide bonds. The van der Waals surface area contributed by atoms with Crippen LogP contribution < -0.4 is 10.6 Å². The SMILES string of the molecule is C=CCN(CC=C)C(=O)COC(=O)CNC(=O)CNC(=O)c1ccc(Cl)cc1Cl. The summed E-state index contributed by atoms with van der Waals surface area (Å²) < 4.78 is 4.82. The lowest BCUT2D eigenvalue weighted by atomic mass is 10.2. The molecular weight excluding hydrogens is 421 g/mol. The zero-order valence-electron chi connectivity index (χ0n) is 15.6. The maximum atomic E-state index is 12.0. The lowest BCUT2D eigenvalue weighted by Crippen LogP contribution is -2.40. The largest absolute Gasteiger partial charge is 0.454 e. The predicted octanol–water partition coefficient (Wildman–Crippen LogP) is 1.58. The molecule has 0 aromatic heterocycles. The zero-order chi connectivity index (χ0) is 21.8. The number of halogens is 2. The number of nitrogens with one attached hydrogen (secondary N) is 2. The number of hydrogen-bond acceptors (Lipinski definition) is 5. The van der Waals surface area contributed by atoms with E-state index in [-0.39, 0.29) is 30.2 Å². The molecule has 0 unspecified atom stereocenters. The van der Waals surface area contributed by atoms with Crippen molar-refractivity contribution in [2.75, 3.05) is 32.8 Å². The molecule has 2 N–H and O–H groups in total. The Balaban J connectivity index is 2.35. The van der Waals surface area contributed by atoms with Gasteiger partial charge in [0, 0.05) is 18.1 Å². The van der Waals surface area contributed by atoms with Crippen molar-refractivity contribution >= 4 is 46.9 Å². The minimum atomic E-state index is -0.795. The lowest BCUT2D eigenvalue weighted by Gasteiger charge is -2.18. The fourth-order valence-corrected chi connectivity index (χ4v) is 2.53. The van der Waals surface area contributed by atoms with Gasteiger partial charge < -0.3 is 20.3 Å². The fourth-order valence-electron chi connectivity index (χ4n) is 2.04. The molecule has 0 fully saturated rings. The maximum absolute atomic E-state index is 12.0. The summed E-state index contributed by atoms with van der Waals surface area (Å²) in [6.07, 6.45) is 3.07. The topological polar surface area (TPSA) is 105 Å². The molecule has 0 spiro atoms. The molecule has 0 bridgehead atoms. The average molecular weight is 442 g/mol. The van der Waals surface area contributed by atoms with Gasteiger partial charge in [0.2, 0.25) is 5.91 Å². The highest BCUT2D eigenvalue weighted by molar-refractivity contribution is 6.36. The van der Waals surface area contributed by atoms with E-state index in [1.807, 2.05) is 0 Å². The third kappa shape index (κ3) is 8.80. The summed E-state index contributed by atoms with van der Waals surface area (Å²) in [6.45, 7) is 6.36. The van der Waals surface area contributed by atoms with E-state index in [0.717, 1.165) is 0 Å². The molecule has 1 aromatic carbocycles. The summed E-state index contributed by atoms with van der Waals surface area (Å²) in [5.74, 6) is -2.40. The van der Waals surface area contributed by atoms with Crippen molar-refractivity contribution in [3.05, 3.63) is 59.1 Å². The van der Waals surface area contributed by atoms with Gasteiger partial charge in [0.25, 0.3) is 11.8 Å². The minimum Gasteiger partial charge on any atom is -0.454 e. The van der Waals surface area contributed by atoms with Crippen molar-refractivity contribution < 1.29 is 23.9 Å². The molecule has 0 radical (unpaired) electrons. The Morgan fingerprint density at radius 3 is 2.28 bits per heavy atom. The van der Waals surface area contributed by atoms with E-state index >= 15 is 0 Å². The molecule has 29 heavy (non-hydrogen) atoms. The Bertz CT molecular complexity index is 788. The number of carbonyl (C=O) groups is 4. The van der Waals surface area contributed by atoms with Crippen LogP contribution in [0.5, 0.6) is 0 Å². The van der Waals surface area contributed by atoms with E-state index in [1.165, 1.54) is 35.3 Å². The van der Waals surface area contributed by atoms with Crippen molar-refractivity contribution in [2.45, 2.75) is 0 Å². The van der Waals surface area contributed by atoms with Gasteiger partial charge in [-0.3, -0.25) is 19.2 Å². The molecule has 0 aliphatic heterocycles. The van der Waals surface area contributed by atoms with E-state index < -0.39 is 36.8 Å². The van der Waals surface area contributed by atoms with Gasteiger partial charge in [-0.05, 0) is 18.2 Å². The summed E-state index contributed by atoms with van der Waals surface area (Å²) >= 11 is 11.7. The molecule has 0 aliphatic carbocycles. The summed E-state index contributed by atoms with van der Waals surface area (Å²) in [4.78, 5) is 48.7. The molecular formula is C19H21Cl2N3O5. The number of ether oxygens (including phenoxy) is 1. The van der Waals surface area contributed by atoms with Crippen molar-refractivity contribution in [1.29, 1.82) is 0 Å². The molecule has 10 heteroatoms. The summed E-state index contributed by atoms with van der Waals surface area (Å²) in [5.41, 5.74) is 0.158. The van der Waals surface area contributed by atoms with Crippen LogP contribution >= 0.6 is 23.2 Å². The molecule has 8 nitrogen and oxygen atoms in total. The Morgan fingerprint density at radius 2 is 1.69 bits per heavy atom. The van der Waals surface area contributed by atoms with Crippen molar-refractivity contribution in [3.63, 3.8) is 0 Å². The fraction of sp³-hybridized carbons (Fsp3) is 0.263. The van der Waals surface area contributed by atoms with Crippen LogP contribution in [0.2, 0.25) is 10.0 Å². The van der Waals surface area contributed by atoms with Crippen LogP contribution in [0.1, 0.15) is 10.4 Å². The lowest BCUT2D eigenvalue weighted by molar-refractivity contribution is -0.151. The smallest absolute Gasteiger partial charge is 0.325 e. The van der Waals surface area contributed by atoms with Gasteiger partial charge in [0.15, 0.2) is 6.61 Å². The molecule has 0 heterocycles. The first-order valence-electron chi connectivity index (χ1n) is 8.43. The van der Waals surface area contributed by atoms with Crippen LogP contribution in [0.25, 0.3) is 0 Å². The molecule has 1 rings (SSSR count). The number of benzene rings is 1.